The van der Waals surface area contributed by atoms with Gasteiger partial charge in [0.05, 0.1) is 4.90 Å². The Morgan fingerprint density at radius 1 is 1.24 bits per heavy atom. The molecule has 0 aromatic heterocycles. The summed E-state index contributed by atoms with van der Waals surface area (Å²) in [6.07, 6.45) is 0. The highest BCUT2D eigenvalue weighted by molar-refractivity contribution is 9.10. The fraction of sp³-hybridized carbons (Fsp3) is 0.500. The molecule has 0 radical (unpaired) electrons. The zero-order valence-electron chi connectivity index (χ0n) is 10.5. The molecular weight excluding hydrogens is 302 g/mol. The molecule has 1 rings (SSSR count). The van der Waals surface area contributed by atoms with Crippen LogP contribution in [0.1, 0.15) is 25.0 Å². The first-order valence-corrected chi connectivity index (χ1v) is 7.78. The van der Waals surface area contributed by atoms with E-state index in [0.717, 1.165) is 15.6 Å². The average molecular weight is 320 g/mol. The third kappa shape index (κ3) is 3.79. The van der Waals surface area contributed by atoms with E-state index in [-0.39, 0.29) is 0 Å². The lowest BCUT2D eigenvalue weighted by Gasteiger charge is -2.12. The monoisotopic (exact) mass is 319 g/mol. The topological polar surface area (TPSA) is 46.2 Å². The van der Waals surface area contributed by atoms with Crippen molar-refractivity contribution in [2.75, 3.05) is 6.54 Å². The van der Waals surface area contributed by atoms with Crippen LogP contribution in [0.15, 0.2) is 21.5 Å². The fourth-order valence-electron chi connectivity index (χ4n) is 1.45. The van der Waals surface area contributed by atoms with Crippen molar-refractivity contribution in [3.05, 3.63) is 27.7 Å². The van der Waals surface area contributed by atoms with Crippen LogP contribution in [0, 0.1) is 19.8 Å². The Bertz CT molecular complexity index is 509. The minimum atomic E-state index is -3.41. The van der Waals surface area contributed by atoms with Crippen LogP contribution in [0.5, 0.6) is 0 Å². The second kappa shape index (κ2) is 5.50. The molecule has 1 N–H and O–H groups in total. The molecule has 0 heterocycles. The molecule has 17 heavy (non-hydrogen) atoms. The molecule has 0 aliphatic rings. The van der Waals surface area contributed by atoms with Gasteiger partial charge in [-0.2, -0.15) is 0 Å². The first-order valence-electron chi connectivity index (χ1n) is 5.50. The molecule has 0 saturated carbocycles. The molecule has 5 heteroatoms. The summed E-state index contributed by atoms with van der Waals surface area (Å²) in [5.41, 5.74) is 1.80. The number of hydrogen-bond acceptors (Lipinski definition) is 2. The van der Waals surface area contributed by atoms with E-state index in [1.807, 2.05) is 33.8 Å². The van der Waals surface area contributed by atoms with E-state index in [9.17, 15) is 8.42 Å². The average Bonchev–Trinajstić information content (AvgIpc) is 2.20. The molecule has 0 fully saturated rings. The highest BCUT2D eigenvalue weighted by Crippen LogP contribution is 2.24. The van der Waals surface area contributed by atoms with Crippen LogP contribution < -0.4 is 4.72 Å². The van der Waals surface area contributed by atoms with Gasteiger partial charge in [0, 0.05) is 11.0 Å². The van der Waals surface area contributed by atoms with Crippen molar-refractivity contribution in [1.82, 2.24) is 4.72 Å². The van der Waals surface area contributed by atoms with Crippen LogP contribution in [0.25, 0.3) is 0 Å². The predicted octanol–water partition coefficient (Wildman–Crippen LogP) is 3.00. The number of benzene rings is 1. The third-order valence-electron chi connectivity index (χ3n) is 2.43. The lowest BCUT2D eigenvalue weighted by Crippen LogP contribution is -2.28. The summed E-state index contributed by atoms with van der Waals surface area (Å²) < 4.78 is 27.6. The van der Waals surface area contributed by atoms with Gasteiger partial charge in [0.25, 0.3) is 0 Å². The van der Waals surface area contributed by atoms with Crippen LogP contribution >= 0.6 is 15.9 Å². The van der Waals surface area contributed by atoms with Gasteiger partial charge in [-0.05, 0) is 37.0 Å². The standard InChI is InChI=1S/C12H18BrNO2S/c1-8(2)7-14-17(15,16)12-6-11(13)9(3)5-10(12)4/h5-6,8,14H,7H2,1-4H3. The summed E-state index contributed by atoms with van der Waals surface area (Å²) in [6.45, 7) is 8.15. The van der Waals surface area contributed by atoms with Crippen molar-refractivity contribution < 1.29 is 8.42 Å². The second-order valence-corrected chi connectivity index (χ2v) is 7.20. The van der Waals surface area contributed by atoms with Gasteiger partial charge in [-0.25, -0.2) is 13.1 Å². The molecule has 0 saturated heterocycles. The Morgan fingerprint density at radius 2 is 1.82 bits per heavy atom. The van der Waals surface area contributed by atoms with Crippen LogP contribution in [0.4, 0.5) is 0 Å². The van der Waals surface area contributed by atoms with Crippen molar-refractivity contribution in [3.8, 4) is 0 Å². The van der Waals surface area contributed by atoms with Gasteiger partial charge in [-0.15, -0.1) is 0 Å². The number of sulfonamides is 1. The lowest BCUT2D eigenvalue weighted by atomic mass is 10.2. The van der Waals surface area contributed by atoms with Crippen molar-refractivity contribution in [2.45, 2.75) is 32.6 Å². The quantitative estimate of drug-likeness (QED) is 0.927. The van der Waals surface area contributed by atoms with Crippen molar-refractivity contribution in [1.29, 1.82) is 0 Å². The van der Waals surface area contributed by atoms with Crippen molar-refractivity contribution in [2.24, 2.45) is 5.92 Å². The molecule has 0 aliphatic carbocycles. The molecular formula is C12H18BrNO2S. The van der Waals surface area contributed by atoms with E-state index in [1.54, 1.807) is 6.07 Å². The number of nitrogens with one attached hydrogen (secondary N) is 1. The Kier molecular flexibility index (Phi) is 4.75. The summed E-state index contributed by atoms with van der Waals surface area (Å²) in [7, 11) is -3.41. The molecule has 0 unspecified atom stereocenters. The lowest BCUT2D eigenvalue weighted by molar-refractivity contribution is 0.559. The van der Waals surface area contributed by atoms with Gasteiger partial charge in [0.1, 0.15) is 0 Å². The molecule has 1 aromatic carbocycles. The zero-order chi connectivity index (χ0) is 13.2. The van der Waals surface area contributed by atoms with E-state index in [4.69, 9.17) is 0 Å². The zero-order valence-corrected chi connectivity index (χ0v) is 12.9. The Morgan fingerprint density at radius 3 is 2.35 bits per heavy atom. The molecule has 0 bridgehead atoms. The normalized spacial score (nSPS) is 12.1. The first kappa shape index (κ1) is 14.7. The van der Waals surface area contributed by atoms with Crippen LogP contribution in [-0.2, 0) is 10.0 Å². The third-order valence-corrected chi connectivity index (χ3v) is 4.85. The van der Waals surface area contributed by atoms with Crippen molar-refractivity contribution in [3.63, 3.8) is 0 Å². The van der Waals surface area contributed by atoms with Gasteiger partial charge in [-0.1, -0.05) is 35.8 Å². The predicted molar refractivity (Wildman–Crippen MR) is 73.6 cm³/mol. The Balaban J connectivity index is 3.11. The van der Waals surface area contributed by atoms with E-state index in [0.29, 0.717) is 17.4 Å². The maximum atomic E-state index is 12.1. The molecule has 1 aromatic rings. The summed E-state index contributed by atoms with van der Waals surface area (Å²) in [5.74, 6) is 0.291. The Labute approximate surface area is 112 Å². The van der Waals surface area contributed by atoms with Gasteiger partial charge < -0.3 is 0 Å². The van der Waals surface area contributed by atoms with E-state index >= 15 is 0 Å². The minimum absolute atomic E-state index is 0.291. The summed E-state index contributed by atoms with van der Waals surface area (Å²) in [6, 6.07) is 3.53. The first-order chi connectivity index (χ1) is 7.74. The number of hydrogen-bond donors (Lipinski definition) is 1. The summed E-state index contributed by atoms with van der Waals surface area (Å²) in [5, 5.41) is 0. The highest BCUT2D eigenvalue weighted by Gasteiger charge is 2.17. The summed E-state index contributed by atoms with van der Waals surface area (Å²) >= 11 is 3.36. The van der Waals surface area contributed by atoms with Crippen LogP contribution in [0.2, 0.25) is 0 Å². The molecule has 0 amide bonds. The largest absolute Gasteiger partial charge is 0.240 e. The highest BCUT2D eigenvalue weighted by atomic mass is 79.9. The number of rotatable bonds is 4. The minimum Gasteiger partial charge on any atom is -0.211 e. The second-order valence-electron chi connectivity index (χ2n) is 4.61. The molecule has 96 valence electrons. The SMILES string of the molecule is Cc1cc(C)c(S(=O)(=O)NCC(C)C)cc1Br. The summed E-state index contributed by atoms with van der Waals surface area (Å²) in [4.78, 5) is 0.343. The van der Waals surface area contributed by atoms with Crippen LogP contribution in [-0.4, -0.2) is 15.0 Å². The van der Waals surface area contributed by atoms with E-state index in [2.05, 4.69) is 20.7 Å². The molecule has 0 atom stereocenters. The fourth-order valence-corrected chi connectivity index (χ4v) is 3.41. The van der Waals surface area contributed by atoms with Crippen molar-refractivity contribution >= 4 is 26.0 Å². The maximum absolute atomic E-state index is 12.1. The smallest absolute Gasteiger partial charge is 0.211 e. The number of aryl methyl sites for hydroxylation is 2. The molecule has 3 nitrogen and oxygen atoms in total. The van der Waals surface area contributed by atoms with Gasteiger partial charge >= 0.3 is 0 Å². The van der Waals surface area contributed by atoms with Crippen LogP contribution in [0.3, 0.4) is 0 Å². The van der Waals surface area contributed by atoms with Gasteiger partial charge in [0.2, 0.25) is 10.0 Å². The maximum Gasteiger partial charge on any atom is 0.240 e. The molecule has 0 spiro atoms. The van der Waals surface area contributed by atoms with E-state index in [1.165, 1.54) is 0 Å². The van der Waals surface area contributed by atoms with Gasteiger partial charge in [0.15, 0.2) is 0 Å². The Hall–Kier alpha value is -0.390. The van der Waals surface area contributed by atoms with E-state index < -0.39 is 10.0 Å². The number of halogens is 1. The van der Waals surface area contributed by atoms with Gasteiger partial charge in [-0.3, -0.25) is 0 Å². The molecule has 0 aliphatic heterocycles.